The molecular weight excluding hydrogens is 214 g/mol. The van der Waals surface area contributed by atoms with Crippen molar-refractivity contribution in [2.24, 2.45) is 5.92 Å². The van der Waals surface area contributed by atoms with Gasteiger partial charge in [0.15, 0.2) is 0 Å². The van der Waals surface area contributed by atoms with Gasteiger partial charge < -0.3 is 10.6 Å². The molecule has 84 valence electrons. The summed E-state index contributed by atoms with van der Waals surface area (Å²) >= 11 is 5.74. The first-order chi connectivity index (χ1) is 7.15. The van der Waals surface area contributed by atoms with Gasteiger partial charge in [-0.3, -0.25) is 0 Å². The summed E-state index contributed by atoms with van der Waals surface area (Å²) in [5.74, 6) is 1.57. The fourth-order valence-electron chi connectivity index (χ4n) is 0.951. The third-order valence-electron chi connectivity index (χ3n) is 2.14. The summed E-state index contributed by atoms with van der Waals surface area (Å²) in [6, 6.07) is 0. The third kappa shape index (κ3) is 3.87. The summed E-state index contributed by atoms with van der Waals surface area (Å²) in [5, 5.41) is 6.14. The molecule has 15 heavy (non-hydrogen) atoms. The van der Waals surface area contributed by atoms with E-state index < -0.39 is 0 Å². The normalized spacial score (nSPS) is 12.3. The molecule has 1 aromatic heterocycles. The molecule has 0 aliphatic heterocycles. The lowest BCUT2D eigenvalue weighted by Gasteiger charge is -2.10. The molecule has 0 radical (unpaired) electrons. The monoisotopic (exact) mass is 229 g/mol. The van der Waals surface area contributed by atoms with Crippen LogP contribution in [-0.4, -0.2) is 28.5 Å². The Morgan fingerprint density at radius 3 is 2.53 bits per heavy atom. The third-order valence-corrected chi connectivity index (χ3v) is 2.31. The van der Waals surface area contributed by atoms with E-state index in [1.807, 2.05) is 0 Å². The lowest BCUT2D eigenvalue weighted by molar-refractivity contribution is 0.591. The minimum absolute atomic E-state index is 0.195. The van der Waals surface area contributed by atoms with Crippen LogP contribution in [-0.2, 0) is 0 Å². The number of nitrogens with one attached hydrogen (secondary N) is 2. The molecule has 1 rings (SSSR count). The number of halogens is 1. The zero-order chi connectivity index (χ0) is 11.3. The second kappa shape index (κ2) is 5.70. The maximum atomic E-state index is 5.74. The highest BCUT2D eigenvalue weighted by Crippen LogP contribution is 2.09. The van der Waals surface area contributed by atoms with Crippen molar-refractivity contribution in [3.05, 3.63) is 5.28 Å². The van der Waals surface area contributed by atoms with Crippen LogP contribution in [0.1, 0.15) is 20.3 Å². The van der Waals surface area contributed by atoms with Crippen molar-refractivity contribution in [1.29, 1.82) is 0 Å². The largest absolute Gasteiger partial charge is 0.357 e. The van der Waals surface area contributed by atoms with Crippen LogP contribution in [0.2, 0.25) is 5.28 Å². The number of anilines is 2. The Labute approximate surface area is 94.7 Å². The van der Waals surface area contributed by atoms with Gasteiger partial charge in [-0.1, -0.05) is 20.3 Å². The van der Waals surface area contributed by atoms with Crippen LogP contribution in [0, 0.1) is 5.92 Å². The van der Waals surface area contributed by atoms with Crippen molar-refractivity contribution in [2.75, 3.05) is 24.2 Å². The second-order valence-corrected chi connectivity index (χ2v) is 3.73. The molecule has 0 amide bonds. The van der Waals surface area contributed by atoms with Crippen molar-refractivity contribution in [3.63, 3.8) is 0 Å². The highest BCUT2D eigenvalue weighted by atomic mass is 35.5. The SMILES string of the molecule is CCC(C)CNc1nc(Cl)nc(NC)n1. The Balaban J connectivity index is 2.64. The first-order valence-electron chi connectivity index (χ1n) is 4.99. The summed E-state index contributed by atoms with van der Waals surface area (Å²) in [4.78, 5) is 12.0. The van der Waals surface area contributed by atoms with Crippen LogP contribution >= 0.6 is 11.6 Å². The molecule has 0 aromatic carbocycles. The van der Waals surface area contributed by atoms with Crippen molar-refractivity contribution in [3.8, 4) is 0 Å². The van der Waals surface area contributed by atoms with E-state index in [-0.39, 0.29) is 5.28 Å². The molecule has 1 heterocycles. The average Bonchev–Trinajstić information content (AvgIpc) is 2.25. The summed E-state index contributed by atoms with van der Waals surface area (Å²) in [6.45, 7) is 5.14. The Hall–Kier alpha value is -1.10. The Kier molecular flexibility index (Phi) is 4.55. The molecule has 1 aromatic rings. The standard InChI is InChI=1S/C9H16ClN5/c1-4-6(2)5-12-9-14-7(10)13-8(11-3)15-9/h6H,4-5H2,1-3H3,(H2,11,12,13,14,15). The molecule has 0 fully saturated rings. The van der Waals surface area contributed by atoms with E-state index in [1.54, 1.807) is 7.05 Å². The first kappa shape index (κ1) is 12.0. The molecule has 2 N–H and O–H groups in total. The lowest BCUT2D eigenvalue weighted by atomic mass is 10.1. The summed E-state index contributed by atoms with van der Waals surface area (Å²) < 4.78 is 0. The number of aromatic nitrogens is 3. The molecule has 1 unspecified atom stereocenters. The van der Waals surface area contributed by atoms with E-state index in [0.717, 1.165) is 13.0 Å². The van der Waals surface area contributed by atoms with Gasteiger partial charge >= 0.3 is 0 Å². The second-order valence-electron chi connectivity index (χ2n) is 3.40. The summed E-state index contributed by atoms with van der Waals surface area (Å²) in [7, 11) is 1.74. The molecule has 5 nitrogen and oxygen atoms in total. The Morgan fingerprint density at radius 2 is 1.93 bits per heavy atom. The van der Waals surface area contributed by atoms with Gasteiger partial charge in [0.25, 0.3) is 0 Å². The fourth-order valence-corrected chi connectivity index (χ4v) is 1.11. The molecule has 0 aliphatic rings. The molecule has 0 saturated heterocycles. The number of nitrogens with zero attached hydrogens (tertiary/aromatic N) is 3. The predicted octanol–water partition coefficient (Wildman–Crippen LogP) is 2.02. The van der Waals surface area contributed by atoms with Crippen molar-refractivity contribution in [1.82, 2.24) is 15.0 Å². The maximum Gasteiger partial charge on any atom is 0.228 e. The molecule has 1 atom stereocenters. The molecular formula is C9H16ClN5. The van der Waals surface area contributed by atoms with Gasteiger partial charge in [-0.2, -0.15) is 15.0 Å². The maximum absolute atomic E-state index is 5.74. The average molecular weight is 230 g/mol. The molecule has 0 bridgehead atoms. The van der Waals surface area contributed by atoms with E-state index in [9.17, 15) is 0 Å². The van der Waals surface area contributed by atoms with Crippen LogP contribution < -0.4 is 10.6 Å². The van der Waals surface area contributed by atoms with Gasteiger partial charge in [-0.15, -0.1) is 0 Å². The quantitative estimate of drug-likeness (QED) is 0.809. The lowest BCUT2D eigenvalue weighted by Crippen LogP contribution is -2.13. The molecule has 0 aliphatic carbocycles. The number of hydrogen-bond acceptors (Lipinski definition) is 5. The number of hydrogen-bond donors (Lipinski definition) is 2. The van der Waals surface area contributed by atoms with Gasteiger partial charge in [-0.05, 0) is 17.5 Å². The van der Waals surface area contributed by atoms with Gasteiger partial charge in [0.05, 0.1) is 0 Å². The number of rotatable bonds is 5. The smallest absolute Gasteiger partial charge is 0.228 e. The Morgan fingerprint density at radius 1 is 1.27 bits per heavy atom. The zero-order valence-electron chi connectivity index (χ0n) is 9.21. The van der Waals surface area contributed by atoms with Gasteiger partial charge in [0, 0.05) is 13.6 Å². The minimum atomic E-state index is 0.195. The van der Waals surface area contributed by atoms with E-state index >= 15 is 0 Å². The van der Waals surface area contributed by atoms with Crippen LogP contribution in [0.4, 0.5) is 11.9 Å². The van der Waals surface area contributed by atoms with Crippen molar-refractivity contribution < 1.29 is 0 Å². The van der Waals surface area contributed by atoms with Crippen molar-refractivity contribution >= 4 is 23.5 Å². The fraction of sp³-hybridized carbons (Fsp3) is 0.667. The van der Waals surface area contributed by atoms with E-state index in [1.165, 1.54) is 0 Å². The van der Waals surface area contributed by atoms with Crippen LogP contribution in [0.15, 0.2) is 0 Å². The summed E-state index contributed by atoms with van der Waals surface area (Å²) in [5.41, 5.74) is 0. The molecule has 0 spiro atoms. The topological polar surface area (TPSA) is 62.7 Å². The first-order valence-corrected chi connectivity index (χ1v) is 5.36. The van der Waals surface area contributed by atoms with Gasteiger partial charge in [0.2, 0.25) is 17.2 Å². The summed E-state index contributed by atoms with van der Waals surface area (Å²) in [6.07, 6.45) is 1.12. The van der Waals surface area contributed by atoms with Gasteiger partial charge in [0.1, 0.15) is 0 Å². The predicted molar refractivity (Wildman–Crippen MR) is 62.3 cm³/mol. The molecule has 6 heteroatoms. The van der Waals surface area contributed by atoms with Crippen molar-refractivity contribution in [2.45, 2.75) is 20.3 Å². The van der Waals surface area contributed by atoms with E-state index in [2.05, 4.69) is 39.4 Å². The van der Waals surface area contributed by atoms with Crippen LogP contribution in [0.25, 0.3) is 0 Å². The van der Waals surface area contributed by atoms with E-state index in [4.69, 9.17) is 11.6 Å². The molecule has 0 saturated carbocycles. The highest BCUT2D eigenvalue weighted by Gasteiger charge is 2.04. The van der Waals surface area contributed by atoms with Crippen LogP contribution in [0.3, 0.4) is 0 Å². The van der Waals surface area contributed by atoms with Crippen LogP contribution in [0.5, 0.6) is 0 Å². The Bertz CT molecular complexity index is 317. The minimum Gasteiger partial charge on any atom is -0.357 e. The highest BCUT2D eigenvalue weighted by molar-refractivity contribution is 6.28. The van der Waals surface area contributed by atoms with E-state index in [0.29, 0.717) is 17.8 Å². The van der Waals surface area contributed by atoms with Gasteiger partial charge in [-0.25, -0.2) is 0 Å². The zero-order valence-corrected chi connectivity index (χ0v) is 9.97.